The van der Waals surface area contributed by atoms with Crippen LogP contribution in [-0.2, 0) is 22.6 Å². The van der Waals surface area contributed by atoms with Crippen molar-refractivity contribution in [1.29, 1.82) is 0 Å². The van der Waals surface area contributed by atoms with E-state index in [1.54, 1.807) is 6.26 Å². The minimum Gasteiger partial charge on any atom is -0.464 e. The number of benzene rings is 2. The van der Waals surface area contributed by atoms with Crippen LogP contribution in [-0.4, -0.2) is 18.4 Å². The summed E-state index contributed by atoms with van der Waals surface area (Å²) in [5.41, 5.74) is 5.06. The molecule has 0 aliphatic carbocycles. The second-order valence-corrected chi connectivity index (χ2v) is 7.34. The summed E-state index contributed by atoms with van der Waals surface area (Å²) in [6.45, 7) is 6.76. The van der Waals surface area contributed by atoms with E-state index in [2.05, 4.69) is 37.5 Å². The first-order valence-electron chi connectivity index (χ1n) is 9.52. The third kappa shape index (κ3) is 4.80. The molecular weight excluding hydrogens is 352 g/mol. The zero-order valence-electron chi connectivity index (χ0n) is 16.5. The van der Waals surface area contributed by atoms with Gasteiger partial charge >= 0.3 is 0 Å². The lowest BCUT2D eigenvalue weighted by Crippen LogP contribution is -2.37. The molecule has 5 nitrogen and oxygen atoms in total. The van der Waals surface area contributed by atoms with Gasteiger partial charge in [-0.2, -0.15) is 0 Å². The number of amides is 2. The van der Waals surface area contributed by atoms with Gasteiger partial charge in [0.1, 0.15) is 5.58 Å². The number of hydrogen-bond acceptors (Lipinski definition) is 3. The molecule has 2 amide bonds. The predicted molar refractivity (Wildman–Crippen MR) is 110 cm³/mol. The summed E-state index contributed by atoms with van der Waals surface area (Å²) in [5.74, 6) is -0.0227. The third-order valence-corrected chi connectivity index (χ3v) is 4.79. The molecule has 3 rings (SSSR count). The monoisotopic (exact) mass is 378 g/mol. The molecule has 0 spiro atoms. The predicted octanol–water partition coefficient (Wildman–Crippen LogP) is 3.84. The molecule has 0 aliphatic rings. The second-order valence-electron chi connectivity index (χ2n) is 7.34. The number of hydrogen-bond donors (Lipinski definition) is 2. The molecule has 2 aromatic carbocycles. The van der Waals surface area contributed by atoms with Crippen LogP contribution in [0.15, 0.2) is 53.1 Å². The number of nitrogens with one attached hydrogen (secondary N) is 2. The molecule has 146 valence electrons. The van der Waals surface area contributed by atoms with Crippen molar-refractivity contribution >= 4 is 22.8 Å². The molecular formula is C23H26N2O3. The zero-order valence-corrected chi connectivity index (χ0v) is 16.5. The van der Waals surface area contributed by atoms with Crippen LogP contribution in [0, 0.1) is 6.92 Å². The maximum absolute atomic E-state index is 12.3. The van der Waals surface area contributed by atoms with E-state index in [1.807, 2.05) is 36.4 Å². The summed E-state index contributed by atoms with van der Waals surface area (Å²) in [6, 6.07) is 13.8. The van der Waals surface area contributed by atoms with Crippen molar-refractivity contribution in [1.82, 2.24) is 10.6 Å². The Morgan fingerprint density at radius 1 is 1.04 bits per heavy atom. The normalized spacial score (nSPS) is 11.0. The number of carbonyl (C=O) groups is 2. The zero-order chi connectivity index (χ0) is 20.1. The first-order chi connectivity index (χ1) is 13.4. The van der Waals surface area contributed by atoms with Crippen LogP contribution in [0.2, 0.25) is 0 Å². The number of fused-ring (bicyclic) bond motifs is 1. The fourth-order valence-electron chi connectivity index (χ4n) is 3.28. The largest absolute Gasteiger partial charge is 0.464 e. The summed E-state index contributed by atoms with van der Waals surface area (Å²) in [6.07, 6.45) is 1.81. The molecule has 0 saturated carbocycles. The standard InChI is InChI=1S/C23H26N2O3/c1-15(2)19-11-20-18(14-28-21(20)9-16(19)3)10-22(26)25-13-23(27)24-12-17-7-5-4-6-8-17/h4-9,11,14-15H,10,12-13H2,1-3H3,(H,24,27)(H,25,26). The van der Waals surface area contributed by atoms with Gasteiger partial charge in [-0.15, -0.1) is 0 Å². The summed E-state index contributed by atoms with van der Waals surface area (Å²) in [5, 5.41) is 6.43. The number of rotatable bonds is 7. The van der Waals surface area contributed by atoms with Crippen LogP contribution < -0.4 is 10.6 Å². The summed E-state index contributed by atoms with van der Waals surface area (Å²) in [7, 11) is 0. The number of carbonyl (C=O) groups excluding carboxylic acids is 2. The van der Waals surface area contributed by atoms with Gasteiger partial charge in [-0.05, 0) is 41.7 Å². The van der Waals surface area contributed by atoms with E-state index in [1.165, 1.54) is 11.1 Å². The molecule has 5 heteroatoms. The lowest BCUT2D eigenvalue weighted by Gasteiger charge is -2.10. The van der Waals surface area contributed by atoms with E-state index >= 15 is 0 Å². The van der Waals surface area contributed by atoms with Crippen molar-refractivity contribution in [2.45, 2.75) is 39.7 Å². The molecule has 3 aromatic rings. The van der Waals surface area contributed by atoms with Crippen LogP contribution in [0.3, 0.4) is 0 Å². The minimum atomic E-state index is -0.216. The summed E-state index contributed by atoms with van der Waals surface area (Å²) >= 11 is 0. The van der Waals surface area contributed by atoms with Crippen molar-refractivity contribution in [2.75, 3.05) is 6.54 Å². The van der Waals surface area contributed by atoms with Crippen LogP contribution in [0.25, 0.3) is 11.0 Å². The van der Waals surface area contributed by atoms with Gasteiger partial charge in [-0.25, -0.2) is 0 Å². The Morgan fingerprint density at radius 3 is 2.50 bits per heavy atom. The molecule has 28 heavy (non-hydrogen) atoms. The first-order valence-corrected chi connectivity index (χ1v) is 9.52. The Hall–Kier alpha value is -3.08. The number of furan rings is 1. The van der Waals surface area contributed by atoms with Crippen LogP contribution >= 0.6 is 0 Å². The molecule has 1 aromatic heterocycles. The Morgan fingerprint density at radius 2 is 1.79 bits per heavy atom. The van der Waals surface area contributed by atoms with Gasteiger partial charge in [0.25, 0.3) is 0 Å². The van der Waals surface area contributed by atoms with Gasteiger partial charge in [0.05, 0.1) is 19.2 Å². The van der Waals surface area contributed by atoms with Gasteiger partial charge in [0.15, 0.2) is 0 Å². The molecule has 0 saturated heterocycles. The average Bonchev–Trinajstić information content (AvgIpc) is 3.06. The highest BCUT2D eigenvalue weighted by Gasteiger charge is 2.14. The van der Waals surface area contributed by atoms with E-state index in [0.29, 0.717) is 12.5 Å². The topological polar surface area (TPSA) is 71.3 Å². The van der Waals surface area contributed by atoms with E-state index < -0.39 is 0 Å². The maximum atomic E-state index is 12.3. The molecule has 0 aliphatic heterocycles. The van der Waals surface area contributed by atoms with Crippen molar-refractivity contribution in [3.63, 3.8) is 0 Å². The molecule has 0 bridgehead atoms. The quantitative estimate of drug-likeness (QED) is 0.656. The van der Waals surface area contributed by atoms with Gasteiger partial charge in [-0.1, -0.05) is 44.2 Å². The molecule has 0 atom stereocenters. The second kappa shape index (κ2) is 8.74. The van der Waals surface area contributed by atoms with Crippen LogP contribution in [0.4, 0.5) is 0 Å². The fourth-order valence-corrected chi connectivity index (χ4v) is 3.28. The number of aryl methyl sites for hydroxylation is 1. The third-order valence-electron chi connectivity index (χ3n) is 4.79. The average molecular weight is 378 g/mol. The van der Waals surface area contributed by atoms with Crippen molar-refractivity contribution < 1.29 is 14.0 Å². The summed E-state index contributed by atoms with van der Waals surface area (Å²) < 4.78 is 5.62. The van der Waals surface area contributed by atoms with Gasteiger partial charge in [0, 0.05) is 17.5 Å². The Kier molecular flexibility index (Phi) is 6.14. The smallest absolute Gasteiger partial charge is 0.239 e. The maximum Gasteiger partial charge on any atom is 0.239 e. The Balaban J connectivity index is 1.56. The van der Waals surface area contributed by atoms with E-state index in [0.717, 1.165) is 22.1 Å². The highest BCUT2D eigenvalue weighted by molar-refractivity contribution is 5.90. The van der Waals surface area contributed by atoms with Crippen molar-refractivity contribution in [2.24, 2.45) is 0 Å². The first kappa shape index (κ1) is 19.7. The van der Waals surface area contributed by atoms with Crippen LogP contribution in [0.1, 0.15) is 42.0 Å². The molecule has 0 fully saturated rings. The minimum absolute atomic E-state index is 0.0438. The van der Waals surface area contributed by atoms with Gasteiger partial charge in [-0.3, -0.25) is 9.59 Å². The Labute approximate surface area is 165 Å². The lowest BCUT2D eigenvalue weighted by atomic mass is 9.95. The van der Waals surface area contributed by atoms with Crippen molar-refractivity contribution in [3.05, 3.63) is 71.0 Å². The lowest BCUT2D eigenvalue weighted by molar-refractivity contribution is -0.125. The van der Waals surface area contributed by atoms with Crippen LogP contribution in [0.5, 0.6) is 0 Å². The van der Waals surface area contributed by atoms with Crippen molar-refractivity contribution in [3.8, 4) is 0 Å². The molecule has 0 radical (unpaired) electrons. The molecule has 2 N–H and O–H groups in total. The highest BCUT2D eigenvalue weighted by Crippen LogP contribution is 2.29. The molecule has 0 unspecified atom stereocenters. The van der Waals surface area contributed by atoms with E-state index in [-0.39, 0.29) is 24.8 Å². The SMILES string of the molecule is Cc1cc2occ(CC(=O)NCC(=O)NCc3ccccc3)c2cc1C(C)C. The summed E-state index contributed by atoms with van der Waals surface area (Å²) in [4.78, 5) is 24.2. The van der Waals surface area contributed by atoms with Gasteiger partial charge in [0.2, 0.25) is 11.8 Å². The fraction of sp³-hybridized carbons (Fsp3) is 0.304. The van der Waals surface area contributed by atoms with Gasteiger partial charge < -0.3 is 15.1 Å². The van der Waals surface area contributed by atoms with E-state index in [4.69, 9.17) is 4.42 Å². The highest BCUT2D eigenvalue weighted by atomic mass is 16.3. The Bertz CT molecular complexity index is 974. The van der Waals surface area contributed by atoms with E-state index in [9.17, 15) is 9.59 Å². The molecule has 1 heterocycles.